The molecule has 582 valence electrons. The fraction of sp³-hybridized carbons (Fsp3) is 0.932. The predicted molar refractivity (Wildman–Crippen MR) is 375 cm³/mol. The van der Waals surface area contributed by atoms with Gasteiger partial charge >= 0.3 is 25.7 Å². The van der Waals surface area contributed by atoms with E-state index >= 15 is 0 Å². The molecule has 99 heavy (non-hydrogen) atoms. The largest absolute Gasteiger partial charge is 0.472 e. The van der Waals surface area contributed by atoms with E-state index in [9.17, 15) is 74.9 Å². The summed E-state index contributed by atoms with van der Waals surface area (Å²) in [5.74, 6) is -2.00. The van der Waals surface area contributed by atoms with Gasteiger partial charge in [0, 0.05) is 19.3 Å². The van der Waals surface area contributed by atoms with Crippen LogP contribution in [0.2, 0.25) is 0 Å². The second-order valence-corrected chi connectivity index (χ2v) is 29.5. The van der Waals surface area contributed by atoms with Crippen LogP contribution in [0.4, 0.5) is 0 Å². The molecule has 0 spiro atoms. The molecule has 0 aromatic rings. The Labute approximate surface area is 592 Å². The van der Waals surface area contributed by atoms with Crippen molar-refractivity contribution in [2.45, 2.75) is 414 Å². The minimum absolute atomic E-state index is 0.0281. The van der Waals surface area contributed by atoms with Gasteiger partial charge in [-0.05, 0) is 44.9 Å². The minimum Gasteiger partial charge on any atom is -0.463 e. The molecule has 24 nitrogen and oxygen atoms in total. The molecule has 1 aliphatic carbocycles. The predicted octanol–water partition coefficient (Wildman–Crippen LogP) is 11.1. The van der Waals surface area contributed by atoms with Gasteiger partial charge in [-0.2, -0.15) is 0 Å². The second-order valence-electron chi connectivity index (χ2n) is 28.1. The molecule has 25 heteroatoms. The van der Waals surface area contributed by atoms with Crippen molar-refractivity contribution >= 4 is 25.7 Å². The number of aliphatic hydroxyl groups excluding tert-OH is 10. The topological polar surface area (TPSA) is 374 Å². The normalized spacial score (nSPS) is 27.5. The molecule has 18 unspecified atom stereocenters. The van der Waals surface area contributed by atoms with Crippen molar-refractivity contribution in [1.82, 2.24) is 0 Å². The van der Waals surface area contributed by atoms with Gasteiger partial charge in [0.25, 0.3) is 0 Å². The van der Waals surface area contributed by atoms with Gasteiger partial charge in [0.1, 0.15) is 98.7 Å². The Morgan fingerprint density at radius 1 is 0.384 bits per heavy atom. The highest BCUT2D eigenvalue weighted by Crippen LogP contribution is 2.49. The zero-order valence-corrected chi connectivity index (χ0v) is 61.7. The smallest absolute Gasteiger partial charge is 0.463 e. The highest BCUT2D eigenvalue weighted by molar-refractivity contribution is 7.47. The molecule has 2 saturated heterocycles. The average Bonchev–Trinajstić information content (AvgIpc) is 0.762. The van der Waals surface area contributed by atoms with Crippen LogP contribution in [0.3, 0.4) is 0 Å². The van der Waals surface area contributed by atoms with E-state index in [1.54, 1.807) is 0 Å². The van der Waals surface area contributed by atoms with Crippen LogP contribution in [0.1, 0.15) is 310 Å². The quantitative estimate of drug-likeness (QED) is 0.00886. The average molecular weight is 1440 g/mol. The molecule has 0 aromatic heterocycles. The molecule has 1 saturated carbocycles. The van der Waals surface area contributed by atoms with Crippen molar-refractivity contribution < 1.29 is 117 Å². The maximum absolute atomic E-state index is 14.3. The number of carbonyl (C=O) groups is 3. The molecular weight excluding hydrogens is 1300 g/mol. The van der Waals surface area contributed by atoms with E-state index in [4.69, 9.17) is 42.2 Å². The number of hydrogen-bond donors (Lipinski definition) is 11. The molecule has 2 aliphatic heterocycles. The highest BCUT2D eigenvalue weighted by Gasteiger charge is 2.58. The van der Waals surface area contributed by atoms with Gasteiger partial charge in [0.05, 0.1) is 13.2 Å². The van der Waals surface area contributed by atoms with Crippen molar-refractivity contribution in [3.05, 3.63) is 12.2 Å². The molecule has 0 radical (unpaired) electrons. The van der Waals surface area contributed by atoms with E-state index < -0.39 is 156 Å². The molecule has 3 aliphatic rings. The van der Waals surface area contributed by atoms with E-state index in [2.05, 4.69) is 32.9 Å². The molecule has 18 atom stereocenters. The lowest BCUT2D eigenvalue weighted by Gasteiger charge is -2.49. The van der Waals surface area contributed by atoms with Crippen molar-refractivity contribution in [2.75, 3.05) is 26.4 Å². The summed E-state index contributed by atoms with van der Waals surface area (Å²) in [4.78, 5) is 51.0. The molecular formula is C74H137O24P. The van der Waals surface area contributed by atoms with Gasteiger partial charge < -0.3 is 89.1 Å². The Morgan fingerprint density at radius 3 is 1.10 bits per heavy atom. The van der Waals surface area contributed by atoms with E-state index in [-0.39, 0.29) is 19.3 Å². The zero-order chi connectivity index (χ0) is 72.5. The molecule has 11 N–H and O–H groups in total. The van der Waals surface area contributed by atoms with Crippen LogP contribution in [0.15, 0.2) is 12.2 Å². The summed E-state index contributed by atoms with van der Waals surface area (Å²) in [6, 6.07) is 0. The minimum atomic E-state index is -5.70. The summed E-state index contributed by atoms with van der Waals surface area (Å²) < 4.78 is 65.1. The summed E-state index contributed by atoms with van der Waals surface area (Å²) in [5.41, 5.74) is 0. The Balaban J connectivity index is 1.72. The van der Waals surface area contributed by atoms with Gasteiger partial charge in [-0.25, -0.2) is 4.57 Å². The summed E-state index contributed by atoms with van der Waals surface area (Å²) in [5, 5.41) is 110. The van der Waals surface area contributed by atoms with Gasteiger partial charge in [-0.3, -0.25) is 23.4 Å². The first-order valence-corrected chi connectivity index (χ1v) is 40.5. The first-order chi connectivity index (χ1) is 47.8. The van der Waals surface area contributed by atoms with Crippen LogP contribution in [0.25, 0.3) is 0 Å². The number of phosphoric acid groups is 1. The number of phosphoric ester groups is 1. The SMILES string of the molecule is CCCCCCCCC/C=C\CCCCCC(=O)OCC(COP(=O)(O)OC1C(OC2OC(CO)C(O)C(O)C2O)C(O)C(O)C(O)C1OC1OC(COC(=O)CCCCCCCCCCCCCCCCC)C(O)C(O)C1O)OC(=O)CCCCCCCCCCCCCCCCC. The van der Waals surface area contributed by atoms with Crippen molar-refractivity contribution in [3.63, 3.8) is 0 Å². The Morgan fingerprint density at radius 2 is 0.707 bits per heavy atom. The van der Waals surface area contributed by atoms with E-state index in [1.807, 2.05) is 0 Å². The number of aliphatic hydroxyl groups is 10. The molecule has 0 bridgehead atoms. The Hall–Kier alpha value is -2.30. The van der Waals surface area contributed by atoms with Crippen LogP contribution < -0.4 is 0 Å². The van der Waals surface area contributed by atoms with E-state index in [0.717, 1.165) is 96.3 Å². The monoisotopic (exact) mass is 1440 g/mol. The van der Waals surface area contributed by atoms with Crippen molar-refractivity contribution in [3.8, 4) is 0 Å². The number of esters is 3. The van der Waals surface area contributed by atoms with Crippen LogP contribution in [-0.4, -0.2) is 204 Å². The molecule has 3 rings (SSSR count). The number of carbonyl (C=O) groups excluding carboxylic acids is 3. The summed E-state index contributed by atoms with van der Waals surface area (Å²) >= 11 is 0. The highest BCUT2D eigenvalue weighted by atomic mass is 31.2. The molecule has 3 fully saturated rings. The van der Waals surface area contributed by atoms with Gasteiger partial charge in [0.2, 0.25) is 0 Å². The maximum Gasteiger partial charge on any atom is 0.472 e. The number of hydrogen-bond acceptors (Lipinski definition) is 23. The maximum atomic E-state index is 14.3. The van der Waals surface area contributed by atoms with Gasteiger partial charge in [-0.1, -0.05) is 258 Å². The van der Waals surface area contributed by atoms with Crippen LogP contribution in [-0.2, 0) is 61.2 Å². The Bertz CT molecular complexity index is 2090. The summed E-state index contributed by atoms with van der Waals surface area (Å²) in [6.45, 7) is 3.46. The number of ether oxygens (including phenoxy) is 7. The number of allylic oxidation sites excluding steroid dienone is 2. The lowest BCUT2D eigenvalue weighted by Crippen LogP contribution is -2.69. The molecule has 0 aromatic carbocycles. The first-order valence-electron chi connectivity index (χ1n) is 39.0. The standard InChI is InChI=1S/C74H137O24P/c1-4-7-10-13-16-19-22-25-28-31-34-37-40-43-46-49-59(77)91-54-57-62(80)64(82)69(87)74(95-57)97-71-67(85)65(83)66(84)70(96-73-68(86)63(81)61(79)56(51-75)94-73)72(71)98-99(88,89)92-53-55(52-90-58(76)48-45-42-39-36-33-30-27-24-21-18-15-12-9-6-3)93-60(78)50-47-44-41-38-35-32-29-26-23-20-17-14-11-8-5-2/h30,33,55-57,61-75,79-87H,4-29,31-32,34-54H2,1-3H3,(H,88,89)/b33-30-. The van der Waals surface area contributed by atoms with Crippen LogP contribution in [0.5, 0.6) is 0 Å². The summed E-state index contributed by atoms with van der Waals surface area (Å²) in [6.07, 6.45) is 15.5. The van der Waals surface area contributed by atoms with Crippen molar-refractivity contribution in [2.24, 2.45) is 0 Å². The lowest BCUT2D eigenvalue weighted by atomic mass is 9.84. The van der Waals surface area contributed by atoms with Crippen LogP contribution >= 0.6 is 7.82 Å². The number of rotatable bonds is 61. The fourth-order valence-corrected chi connectivity index (χ4v) is 13.9. The third-order valence-corrected chi connectivity index (χ3v) is 20.3. The first kappa shape index (κ1) is 90.9. The molecule has 2 heterocycles. The lowest BCUT2D eigenvalue weighted by molar-refractivity contribution is -0.360. The van der Waals surface area contributed by atoms with Gasteiger partial charge in [0.15, 0.2) is 18.7 Å². The third-order valence-electron chi connectivity index (χ3n) is 19.3. The number of unbranched alkanes of at least 4 members (excludes halogenated alkanes) is 38. The second kappa shape index (κ2) is 56.1. The van der Waals surface area contributed by atoms with Crippen LogP contribution in [0, 0.1) is 0 Å². The van der Waals surface area contributed by atoms with Crippen molar-refractivity contribution in [1.29, 1.82) is 0 Å². The molecule has 0 amide bonds. The fourth-order valence-electron chi connectivity index (χ4n) is 12.9. The zero-order valence-electron chi connectivity index (χ0n) is 60.8. The van der Waals surface area contributed by atoms with E-state index in [1.165, 1.54) is 154 Å². The Kier molecular flexibility index (Phi) is 51.5. The third kappa shape index (κ3) is 39.0. The van der Waals surface area contributed by atoms with E-state index in [0.29, 0.717) is 19.3 Å². The summed E-state index contributed by atoms with van der Waals surface area (Å²) in [7, 11) is -5.70. The van der Waals surface area contributed by atoms with Gasteiger partial charge in [-0.15, -0.1) is 0 Å².